The number of amides is 1. The molecule has 2 rings (SSSR count). The molecule has 22 heavy (non-hydrogen) atoms. The van der Waals surface area contributed by atoms with Gasteiger partial charge in [-0.15, -0.1) is 0 Å². The molecule has 0 aromatic rings. The van der Waals surface area contributed by atoms with Gasteiger partial charge in [-0.3, -0.25) is 4.79 Å². The lowest BCUT2D eigenvalue weighted by atomic mass is 9.91. The number of hydrogen-bond donors (Lipinski definition) is 2. The molecule has 1 saturated heterocycles. The third-order valence-corrected chi connectivity index (χ3v) is 6.92. The quantitative estimate of drug-likeness (QED) is 0.798. The molecule has 5 nitrogen and oxygen atoms in total. The summed E-state index contributed by atoms with van der Waals surface area (Å²) in [7, 11) is -2.87. The van der Waals surface area contributed by atoms with Crippen molar-refractivity contribution in [2.75, 3.05) is 18.1 Å². The van der Waals surface area contributed by atoms with Crippen molar-refractivity contribution < 1.29 is 13.2 Å². The monoisotopic (exact) mass is 330 g/mol. The average molecular weight is 330 g/mol. The van der Waals surface area contributed by atoms with E-state index in [-0.39, 0.29) is 29.4 Å². The Hall–Kier alpha value is -0.620. The maximum atomic E-state index is 12.2. The van der Waals surface area contributed by atoms with Gasteiger partial charge in [0.15, 0.2) is 9.84 Å². The zero-order chi connectivity index (χ0) is 16.5. The zero-order valence-electron chi connectivity index (χ0n) is 14.2. The van der Waals surface area contributed by atoms with Gasteiger partial charge in [0.25, 0.3) is 0 Å². The third-order valence-electron chi connectivity index (χ3n) is 5.08. The Morgan fingerprint density at radius 1 is 1.32 bits per heavy atom. The van der Waals surface area contributed by atoms with Gasteiger partial charge in [-0.25, -0.2) is 8.42 Å². The van der Waals surface area contributed by atoms with Crippen LogP contribution in [0.2, 0.25) is 0 Å². The minimum Gasteiger partial charge on any atom is -0.354 e. The molecular weight excluding hydrogens is 300 g/mol. The van der Waals surface area contributed by atoms with E-state index in [9.17, 15) is 13.2 Å². The van der Waals surface area contributed by atoms with Gasteiger partial charge in [-0.2, -0.15) is 0 Å². The molecule has 4 atom stereocenters. The number of hydrogen-bond acceptors (Lipinski definition) is 4. The van der Waals surface area contributed by atoms with E-state index in [1.54, 1.807) is 0 Å². The second kappa shape index (κ2) is 6.48. The minimum absolute atomic E-state index is 0.0267. The van der Waals surface area contributed by atoms with Crippen molar-refractivity contribution in [3.63, 3.8) is 0 Å². The standard InChI is InChI=1S/C16H30N2O3S/c1-11-7-16(3,4)8-14(11)18-12(2)15(19)17-9-13-5-6-22(20,21)10-13/h11-14,18H,5-10H2,1-4H3,(H,17,19)/t11-,12-,13-,14+/m0/s1. The molecule has 1 saturated carbocycles. The topological polar surface area (TPSA) is 75.3 Å². The highest BCUT2D eigenvalue weighted by Gasteiger charge is 2.37. The van der Waals surface area contributed by atoms with Crippen molar-refractivity contribution in [3.05, 3.63) is 0 Å². The highest BCUT2D eigenvalue weighted by Crippen LogP contribution is 2.40. The first-order valence-electron chi connectivity index (χ1n) is 8.32. The third kappa shape index (κ3) is 4.69. The Morgan fingerprint density at radius 2 is 2.00 bits per heavy atom. The summed E-state index contributed by atoms with van der Waals surface area (Å²) in [5.74, 6) is 1.09. The molecule has 1 amide bonds. The average Bonchev–Trinajstić information content (AvgIpc) is 2.85. The number of carbonyl (C=O) groups is 1. The Bertz CT molecular complexity index is 515. The fourth-order valence-corrected chi connectivity index (χ4v) is 5.81. The van der Waals surface area contributed by atoms with Crippen LogP contribution in [0.25, 0.3) is 0 Å². The van der Waals surface area contributed by atoms with E-state index in [0.29, 0.717) is 30.3 Å². The zero-order valence-corrected chi connectivity index (χ0v) is 15.0. The van der Waals surface area contributed by atoms with E-state index in [2.05, 4.69) is 31.4 Å². The molecule has 1 heterocycles. The van der Waals surface area contributed by atoms with Crippen LogP contribution in [-0.4, -0.2) is 44.5 Å². The van der Waals surface area contributed by atoms with Crippen molar-refractivity contribution in [1.82, 2.24) is 10.6 Å². The first-order chi connectivity index (χ1) is 10.1. The molecule has 2 aliphatic rings. The van der Waals surface area contributed by atoms with E-state index in [0.717, 1.165) is 6.42 Å². The summed E-state index contributed by atoms with van der Waals surface area (Å²) < 4.78 is 22.8. The Kier molecular flexibility index (Phi) is 5.22. The van der Waals surface area contributed by atoms with Gasteiger partial charge in [0.2, 0.25) is 5.91 Å². The predicted octanol–water partition coefficient (Wildman–Crippen LogP) is 1.34. The minimum atomic E-state index is -2.87. The van der Waals surface area contributed by atoms with Crippen molar-refractivity contribution in [2.45, 2.75) is 59.0 Å². The Labute approximate surface area is 134 Å². The van der Waals surface area contributed by atoms with E-state index < -0.39 is 9.84 Å². The Balaban J connectivity index is 1.76. The fraction of sp³-hybridized carbons (Fsp3) is 0.938. The molecule has 0 radical (unpaired) electrons. The van der Waals surface area contributed by atoms with Crippen molar-refractivity contribution in [1.29, 1.82) is 0 Å². The summed E-state index contributed by atoms with van der Waals surface area (Å²) in [5, 5.41) is 6.35. The maximum absolute atomic E-state index is 12.2. The van der Waals surface area contributed by atoms with Gasteiger partial charge in [0, 0.05) is 12.6 Å². The number of sulfone groups is 1. The molecule has 0 aromatic heterocycles. The van der Waals surface area contributed by atoms with Crippen LogP contribution in [0, 0.1) is 17.3 Å². The lowest BCUT2D eigenvalue weighted by molar-refractivity contribution is -0.123. The van der Waals surface area contributed by atoms with Crippen LogP contribution in [0.4, 0.5) is 0 Å². The lowest BCUT2D eigenvalue weighted by Crippen LogP contribution is -2.48. The summed E-state index contributed by atoms with van der Waals surface area (Å²) in [5.41, 5.74) is 0.339. The summed E-state index contributed by atoms with van der Waals surface area (Å²) in [4.78, 5) is 12.2. The van der Waals surface area contributed by atoms with E-state index >= 15 is 0 Å². The van der Waals surface area contributed by atoms with Crippen molar-refractivity contribution in [3.8, 4) is 0 Å². The van der Waals surface area contributed by atoms with Gasteiger partial charge in [0.1, 0.15) is 0 Å². The summed E-state index contributed by atoms with van der Waals surface area (Å²) >= 11 is 0. The van der Waals surface area contributed by atoms with E-state index in [1.807, 2.05) is 6.92 Å². The maximum Gasteiger partial charge on any atom is 0.236 e. The summed E-state index contributed by atoms with van der Waals surface area (Å²) in [6.45, 7) is 9.14. The molecule has 0 spiro atoms. The van der Waals surface area contributed by atoms with Crippen molar-refractivity contribution in [2.24, 2.45) is 17.3 Å². The lowest BCUT2D eigenvalue weighted by Gasteiger charge is -2.23. The molecule has 2 fully saturated rings. The van der Waals surface area contributed by atoms with Gasteiger partial charge < -0.3 is 10.6 Å². The Morgan fingerprint density at radius 3 is 2.50 bits per heavy atom. The van der Waals surface area contributed by atoms with Gasteiger partial charge in [-0.1, -0.05) is 20.8 Å². The number of nitrogens with one attached hydrogen (secondary N) is 2. The molecule has 0 bridgehead atoms. The first-order valence-corrected chi connectivity index (χ1v) is 10.1. The normalized spacial score (nSPS) is 34.5. The molecule has 1 aliphatic heterocycles. The smallest absolute Gasteiger partial charge is 0.236 e. The number of carbonyl (C=O) groups excluding carboxylic acids is 1. The second-order valence-electron chi connectivity index (χ2n) is 8.06. The summed E-state index contributed by atoms with van der Waals surface area (Å²) in [6.07, 6.45) is 2.93. The SMILES string of the molecule is C[C@H](N[C@@H]1CC(C)(C)C[C@@H]1C)C(=O)NC[C@@H]1CCS(=O)(=O)C1. The largest absolute Gasteiger partial charge is 0.354 e. The van der Waals surface area contributed by atoms with Crippen LogP contribution >= 0.6 is 0 Å². The van der Waals surface area contributed by atoms with Crippen LogP contribution in [0.1, 0.15) is 47.0 Å². The second-order valence-corrected chi connectivity index (χ2v) is 10.3. The predicted molar refractivity (Wildman–Crippen MR) is 88.3 cm³/mol. The van der Waals surface area contributed by atoms with Crippen LogP contribution < -0.4 is 10.6 Å². The van der Waals surface area contributed by atoms with Gasteiger partial charge >= 0.3 is 0 Å². The highest BCUT2D eigenvalue weighted by molar-refractivity contribution is 7.91. The number of rotatable bonds is 5. The molecule has 128 valence electrons. The van der Waals surface area contributed by atoms with Crippen LogP contribution in [-0.2, 0) is 14.6 Å². The van der Waals surface area contributed by atoms with Crippen LogP contribution in [0.15, 0.2) is 0 Å². The molecule has 2 N–H and O–H groups in total. The fourth-order valence-electron chi connectivity index (χ4n) is 3.94. The van der Waals surface area contributed by atoms with Crippen molar-refractivity contribution >= 4 is 15.7 Å². The van der Waals surface area contributed by atoms with Crippen LogP contribution in [0.3, 0.4) is 0 Å². The highest BCUT2D eigenvalue weighted by atomic mass is 32.2. The molecule has 0 aromatic carbocycles. The molecule has 0 unspecified atom stereocenters. The molecule has 1 aliphatic carbocycles. The first kappa shape index (κ1) is 17.7. The van der Waals surface area contributed by atoms with E-state index in [4.69, 9.17) is 0 Å². The molecule has 6 heteroatoms. The van der Waals surface area contributed by atoms with Crippen LogP contribution in [0.5, 0.6) is 0 Å². The van der Waals surface area contributed by atoms with E-state index in [1.165, 1.54) is 6.42 Å². The van der Waals surface area contributed by atoms with Gasteiger partial charge in [0.05, 0.1) is 17.5 Å². The van der Waals surface area contributed by atoms with Gasteiger partial charge in [-0.05, 0) is 43.4 Å². The molecular formula is C16H30N2O3S. The summed E-state index contributed by atoms with van der Waals surface area (Å²) in [6, 6.07) is 0.141.